The maximum Gasteiger partial charge on any atom is 0.261 e. The van der Waals surface area contributed by atoms with E-state index in [-0.39, 0.29) is 5.04 Å². The molecule has 5 rings (SSSR count). The van der Waals surface area contributed by atoms with Gasteiger partial charge in [0, 0.05) is 51.6 Å². The molecule has 0 amide bonds. The van der Waals surface area contributed by atoms with E-state index >= 15 is 0 Å². The van der Waals surface area contributed by atoms with Crippen LogP contribution >= 0.6 is 0 Å². The number of nitrogens with zero attached hydrogens (tertiary/aromatic N) is 2. The SMILES string of the molecule is CC(C)(C)[Si](OCCN1CCN(Cc2ccc(N)cc2C2CC2)CC1)(c1ccccc1)c1ccccc1. The van der Waals surface area contributed by atoms with Crippen LogP contribution in [0.3, 0.4) is 0 Å². The lowest BCUT2D eigenvalue weighted by atomic mass is 10.0. The fourth-order valence-corrected chi connectivity index (χ4v) is 10.6. The van der Waals surface area contributed by atoms with E-state index in [0.717, 1.165) is 57.5 Å². The zero-order valence-corrected chi connectivity index (χ0v) is 23.8. The first kappa shape index (κ1) is 26.2. The van der Waals surface area contributed by atoms with Gasteiger partial charge in [0.2, 0.25) is 0 Å². The van der Waals surface area contributed by atoms with Crippen molar-refractivity contribution in [2.75, 3.05) is 45.1 Å². The molecule has 196 valence electrons. The van der Waals surface area contributed by atoms with E-state index in [9.17, 15) is 0 Å². The first-order valence-electron chi connectivity index (χ1n) is 13.9. The van der Waals surface area contributed by atoms with Crippen LogP contribution in [0, 0.1) is 0 Å². The van der Waals surface area contributed by atoms with Crippen LogP contribution in [0.25, 0.3) is 0 Å². The van der Waals surface area contributed by atoms with Crippen molar-refractivity contribution in [2.45, 2.75) is 51.1 Å². The third-order valence-corrected chi connectivity index (χ3v) is 13.2. The maximum absolute atomic E-state index is 7.12. The third-order valence-electron chi connectivity index (χ3n) is 8.19. The summed E-state index contributed by atoms with van der Waals surface area (Å²) in [5.74, 6) is 0.735. The van der Waals surface area contributed by atoms with Crippen LogP contribution < -0.4 is 16.1 Å². The number of benzene rings is 3. The van der Waals surface area contributed by atoms with Gasteiger partial charge in [0.25, 0.3) is 8.32 Å². The lowest BCUT2D eigenvalue weighted by molar-refractivity contribution is 0.110. The number of piperazine rings is 1. The Morgan fingerprint density at radius 3 is 1.92 bits per heavy atom. The summed E-state index contributed by atoms with van der Waals surface area (Å²) < 4.78 is 7.12. The summed E-state index contributed by atoms with van der Waals surface area (Å²) in [4.78, 5) is 5.19. The Morgan fingerprint density at radius 2 is 1.38 bits per heavy atom. The van der Waals surface area contributed by atoms with Crippen LogP contribution in [-0.4, -0.2) is 57.4 Å². The molecular formula is C32H43N3OSi. The Balaban J connectivity index is 1.22. The minimum Gasteiger partial charge on any atom is -0.406 e. The molecule has 2 fully saturated rings. The summed E-state index contributed by atoms with van der Waals surface area (Å²) in [6.07, 6.45) is 2.63. The van der Waals surface area contributed by atoms with Gasteiger partial charge in [-0.1, -0.05) is 87.5 Å². The molecule has 37 heavy (non-hydrogen) atoms. The fourth-order valence-electron chi connectivity index (χ4n) is 6.03. The number of hydrogen-bond acceptors (Lipinski definition) is 4. The van der Waals surface area contributed by atoms with Gasteiger partial charge in [-0.3, -0.25) is 9.80 Å². The lowest BCUT2D eigenvalue weighted by Gasteiger charge is -2.43. The Hall–Kier alpha value is -2.44. The summed E-state index contributed by atoms with van der Waals surface area (Å²) in [5, 5.41) is 2.73. The summed E-state index contributed by atoms with van der Waals surface area (Å²) in [6, 6.07) is 28.5. The van der Waals surface area contributed by atoms with E-state index in [1.807, 2.05) is 0 Å². The Bertz CT molecular complexity index is 1110. The van der Waals surface area contributed by atoms with Crippen LogP contribution in [0.1, 0.15) is 50.7 Å². The number of rotatable bonds is 9. The monoisotopic (exact) mass is 513 g/mol. The number of anilines is 1. The second-order valence-electron chi connectivity index (χ2n) is 11.9. The molecule has 2 N–H and O–H groups in total. The average Bonchev–Trinajstić information content (AvgIpc) is 3.75. The van der Waals surface area contributed by atoms with Gasteiger partial charge in [-0.15, -0.1) is 0 Å². The highest BCUT2D eigenvalue weighted by molar-refractivity contribution is 6.99. The zero-order chi connectivity index (χ0) is 25.9. The molecule has 1 aliphatic heterocycles. The molecule has 0 atom stereocenters. The Kier molecular flexibility index (Phi) is 7.87. The van der Waals surface area contributed by atoms with Gasteiger partial charge in [-0.05, 0) is 57.4 Å². The summed E-state index contributed by atoms with van der Waals surface area (Å²) in [6.45, 7) is 14.2. The molecule has 1 saturated heterocycles. The van der Waals surface area contributed by atoms with Crippen molar-refractivity contribution in [3.63, 3.8) is 0 Å². The zero-order valence-electron chi connectivity index (χ0n) is 22.8. The minimum absolute atomic E-state index is 0.0206. The standard InChI is InChI=1S/C32H43N3OSi/c1-32(2,3)37(29-10-6-4-7-11-29,30-12-8-5-9-13-30)36-23-22-34-18-20-35(21-19-34)25-27-16-17-28(33)24-31(27)26-14-15-26/h4-13,16-17,24,26H,14-15,18-23,25,33H2,1-3H3. The highest BCUT2D eigenvalue weighted by Crippen LogP contribution is 2.42. The summed E-state index contributed by atoms with van der Waals surface area (Å²) in [5.41, 5.74) is 9.95. The van der Waals surface area contributed by atoms with E-state index in [4.69, 9.17) is 10.2 Å². The van der Waals surface area contributed by atoms with Crippen LogP contribution in [0.5, 0.6) is 0 Å². The molecule has 4 nitrogen and oxygen atoms in total. The normalized spacial score (nSPS) is 17.7. The number of nitrogen functional groups attached to an aromatic ring is 1. The van der Waals surface area contributed by atoms with Gasteiger partial charge < -0.3 is 10.2 Å². The minimum atomic E-state index is -2.46. The van der Waals surface area contributed by atoms with Crippen molar-refractivity contribution in [1.82, 2.24) is 9.80 Å². The van der Waals surface area contributed by atoms with E-state index in [1.165, 1.54) is 34.3 Å². The second-order valence-corrected chi connectivity index (χ2v) is 16.2. The fraction of sp³-hybridized carbons (Fsp3) is 0.438. The molecule has 3 aromatic rings. The molecule has 0 spiro atoms. The predicted molar refractivity (Wildman–Crippen MR) is 158 cm³/mol. The topological polar surface area (TPSA) is 41.7 Å². The molecule has 0 bridgehead atoms. The third kappa shape index (κ3) is 5.85. The summed E-state index contributed by atoms with van der Waals surface area (Å²) in [7, 11) is -2.46. The maximum atomic E-state index is 7.12. The lowest BCUT2D eigenvalue weighted by Crippen LogP contribution is -2.67. The van der Waals surface area contributed by atoms with Crippen LogP contribution in [0.15, 0.2) is 78.9 Å². The van der Waals surface area contributed by atoms with Crippen LogP contribution in [0.4, 0.5) is 5.69 Å². The molecule has 0 radical (unpaired) electrons. The average molecular weight is 514 g/mol. The molecule has 1 saturated carbocycles. The van der Waals surface area contributed by atoms with Crippen molar-refractivity contribution in [3.8, 4) is 0 Å². The van der Waals surface area contributed by atoms with Crippen molar-refractivity contribution < 1.29 is 4.43 Å². The molecule has 0 unspecified atom stereocenters. The van der Waals surface area contributed by atoms with Crippen molar-refractivity contribution in [2.24, 2.45) is 0 Å². The molecule has 2 aliphatic rings. The molecule has 3 aromatic carbocycles. The van der Waals surface area contributed by atoms with E-state index in [0.29, 0.717) is 0 Å². The first-order chi connectivity index (χ1) is 17.9. The van der Waals surface area contributed by atoms with E-state index in [1.54, 1.807) is 0 Å². The molecule has 1 aliphatic carbocycles. The predicted octanol–water partition coefficient (Wildman–Crippen LogP) is 4.84. The number of nitrogens with two attached hydrogens (primary N) is 1. The van der Waals surface area contributed by atoms with Crippen LogP contribution in [-0.2, 0) is 11.0 Å². The highest BCUT2D eigenvalue weighted by Gasteiger charge is 2.50. The van der Waals surface area contributed by atoms with Crippen LogP contribution in [0.2, 0.25) is 5.04 Å². The smallest absolute Gasteiger partial charge is 0.261 e. The molecule has 0 aromatic heterocycles. The molecule has 1 heterocycles. The largest absolute Gasteiger partial charge is 0.406 e. The van der Waals surface area contributed by atoms with Crippen molar-refractivity contribution in [3.05, 3.63) is 90.0 Å². The van der Waals surface area contributed by atoms with Crippen molar-refractivity contribution in [1.29, 1.82) is 0 Å². The quantitative estimate of drug-likeness (QED) is 0.328. The van der Waals surface area contributed by atoms with E-state index in [2.05, 4.69) is 109 Å². The Labute approximate surface area is 224 Å². The van der Waals surface area contributed by atoms with Gasteiger partial charge in [-0.25, -0.2) is 0 Å². The van der Waals surface area contributed by atoms with Gasteiger partial charge in [0.1, 0.15) is 0 Å². The van der Waals surface area contributed by atoms with Crippen molar-refractivity contribution >= 4 is 24.4 Å². The molecular weight excluding hydrogens is 470 g/mol. The van der Waals surface area contributed by atoms with Gasteiger partial charge >= 0.3 is 0 Å². The Morgan fingerprint density at radius 1 is 0.811 bits per heavy atom. The number of hydrogen-bond donors (Lipinski definition) is 1. The molecule has 5 heteroatoms. The first-order valence-corrected chi connectivity index (χ1v) is 15.9. The summed E-state index contributed by atoms with van der Waals surface area (Å²) >= 11 is 0. The van der Waals surface area contributed by atoms with Gasteiger partial charge in [0.15, 0.2) is 0 Å². The van der Waals surface area contributed by atoms with Gasteiger partial charge in [0.05, 0.1) is 0 Å². The highest BCUT2D eigenvalue weighted by atomic mass is 28.4. The van der Waals surface area contributed by atoms with Gasteiger partial charge in [-0.2, -0.15) is 0 Å². The second kappa shape index (κ2) is 11.1. The van der Waals surface area contributed by atoms with E-state index < -0.39 is 8.32 Å².